The van der Waals surface area contributed by atoms with E-state index in [9.17, 15) is 0 Å². The van der Waals surface area contributed by atoms with Gasteiger partial charge in [-0.15, -0.1) is 6.58 Å². The minimum absolute atomic E-state index is 0.510. The molecule has 3 heteroatoms. The highest BCUT2D eigenvalue weighted by Gasteiger charge is 2.05. The highest BCUT2D eigenvalue weighted by atomic mass is 16.5. The molecule has 0 aromatic carbocycles. The summed E-state index contributed by atoms with van der Waals surface area (Å²) in [6.45, 7) is 7.44. The predicted octanol–water partition coefficient (Wildman–Crippen LogP) is 2.01. The summed E-state index contributed by atoms with van der Waals surface area (Å²) in [4.78, 5) is 0. The summed E-state index contributed by atoms with van der Waals surface area (Å²) >= 11 is 0. The van der Waals surface area contributed by atoms with Crippen LogP contribution >= 0.6 is 0 Å². The molecule has 14 heavy (non-hydrogen) atoms. The molecular weight excluding hydrogens is 178 g/mol. The summed E-state index contributed by atoms with van der Waals surface area (Å²) in [5.41, 5.74) is 1.18. The van der Waals surface area contributed by atoms with Crippen LogP contribution in [-0.4, -0.2) is 13.7 Å². The van der Waals surface area contributed by atoms with E-state index in [4.69, 9.17) is 9.15 Å². The van der Waals surface area contributed by atoms with E-state index >= 15 is 0 Å². The fourth-order valence-electron chi connectivity index (χ4n) is 1.27. The van der Waals surface area contributed by atoms with Gasteiger partial charge in [0.1, 0.15) is 18.1 Å². The van der Waals surface area contributed by atoms with Gasteiger partial charge < -0.3 is 14.5 Å². The SMILES string of the molecule is C=CCOCc1cc(CNC)c(C)o1. The molecule has 3 nitrogen and oxygen atoms in total. The minimum Gasteiger partial charge on any atom is -0.464 e. The fraction of sp³-hybridized carbons (Fsp3) is 0.455. The lowest BCUT2D eigenvalue weighted by Crippen LogP contribution is -2.04. The molecule has 0 aliphatic carbocycles. The van der Waals surface area contributed by atoms with Crippen molar-refractivity contribution in [3.05, 3.63) is 35.8 Å². The minimum atomic E-state index is 0.510. The molecule has 1 N–H and O–H groups in total. The number of nitrogens with one attached hydrogen (secondary N) is 1. The second kappa shape index (κ2) is 5.62. The van der Waals surface area contributed by atoms with Crippen LogP contribution in [0.2, 0.25) is 0 Å². The number of furan rings is 1. The molecule has 0 fully saturated rings. The van der Waals surface area contributed by atoms with Gasteiger partial charge in [-0.05, 0) is 20.0 Å². The van der Waals surface area contributed by atoms with E-state index in [0.29, 0.717) is 13.2 Å². The van der Waals surface area contributed by atoms with E-state index < -0.39 is 0 Å². The van der Waals surface area contributed by atoms with Crippen LogP contribution in [0.5, 0.6) is 0 Å². The smallest absolute Gasteiger partial charge is 0.130 e. The Bertz CT molecular complexity index is 291. The Hall–Kier alpha value is -1.06. The van der Waals surface area contributed by atoms with Gasteiger partial charge in [-0.3, -0.25) is 0 Å². The Morgan fingerprint density at radius 1 is 1.64 bits per heavy atom. The average molecular weight is 195 g/mol. The molecule has 0 aliphatic rings. The van der Waals surface area contributed by atoms with Gasteiger partial charge in [0, 0.05) is 12.1 Å². The van der Waals surface area contributed by atoms with Crippen LogP contribution < -0.4 is 5.32 Å². The quantitative estimate of drug-likeness (QED) is 0.557. The van der Waals surface area contributed by atoms with Crippen LogP contribution in [0.1, 0.15) is 17.1 Å². The van der Waals surface area contributed by atoms with Gasteiger partial charge in [-0.2, -0.15) is 0 Å². The number of ether oxygens (including phenoxy) is 1. The Balaban J connectivity index is 2.52. The maximum atomic E-state index is 5.51. The third-order valence-corrected chi connectivity index (χ3v) is 1.92. The number of rotatable bonds is 6. The van der Waals surface area contributed by atoms with E-state index in [0.717, 1.165) is 18.1 Å². The lowest BCUT2D eigenvalue weighted by Gasteiger charge is -1.95. The molecule has 0 atom stereocenters. The number of hydrogen-bond donors (Lipinski definition) is 1. The van der Waals surface area contributed by atoms with E-state index in [2.05, 4.69) is 11.9 Å². The lowest BCUT2D eigenvalue weighted by atomic mass is 10.2. The summed E-state index contributed by atoms with van der Waals surface area (Å²) in [5.74, 6) is 1.83. The van der Waals surface area contributed by atoms with E-state index in [1.165, 1.54) is 5.56 Å². The van der Waals surface area contributed by atoms with Gasteiger partial charge in [-0.1, -0.05) is 6.08 Å². The van der Waals surface area contributed by atoms with Crippen molar-refractivity contribution in [3.63, 3.8) is 0 Å². The Morgan fingerprint density at radius 2 is 2.43 bits per heavy atom. The van der Waals surface area contributed by atoms with Crippen molar-refractivity contribution >= 4 is 0 Å². The van der Waals surface area contributed by atoms with E-state index in [1.807, 2.05) is 20.0 Å². The maximum absolute atomic E-state index is 5.51. The normalized spacial score (nSPS) is 10.4. The van der Waals surface area contributed by atoms with Gasteiger partial charge in [0.05, 0.1) is 6.61 Å². The van der Waals surface area contributed by atoms with Crippen molar-refractivity contribution in [2.75, 3.05) is 13.7 Å². The number of aryl methyl sites for hydroxylation is 1. The van der Waals surface area contributed by atoms with Gasteiger partial charge in [0.2, 0.25) is 0 Å². The molecule has 1 heterocycles. The zero-order valence-electron chi connectivity index (χ0n) is 8.80. The van der Waals surface area contributed by atoms with Gasteiger partial charge in [-0.25, -0.2) is 0 Å². The molecule has 1 aromatic rings. The summed E-state index contributed by atoms with van der Waals surface area (Å²) in [6.07, 6.45) is 1.73. The first-order valence-corrected chi connectivity index (χ1v) is 4.69. The summed E-state index contributed by atoms with van der Waals surface area (Å²) < 4.78 is 10.8. The van der Waals surface area contributed by atoms with Crippen LogP contribution in [0.15, 0.2) is 23.1 Å². The Kier molecular flexibility index (Phi) is 4.43. The van der Waals surface area contributed by atoms with Gasteiger partial charge in [0.15, 0.2) is 0 Å². The second-order valence-corrected chi connectivity index (χ2v) is 3.13. The average Bonchev–Trinajstić information content (AvgIpc) is 2.49. The molecule has 0 amide bonds. The zero-order valence-corrected chi connectivity index (χ0v) is 8.80. The molecule has 0 spiro atoms. The summed E-state index contributed by atoms with van der Waals surface area (Å²) in [6, 6.07) is 2.02. The number of hydrogen-bond acceptors (Lipinski definition) is 3. The third-order valence-electron chi connectivity index (χ3n) is 1.92. The highest BCUT2D eigenvalue weighted by Crippen LogP contribution is 2.15. The molecule has 0 radical (unpaired) electrons. The topological polar surface area (TPSA) is 34.4 Å². The van der Waals surface area contributed by atoms with Crippen molar-refractivity contribution < 1.29 is 9.15 Å². The largest absolute Gasteiger partial charge is 0.464 e. The van der Waals surface area contributed by atoms with Crippen molar-refractivity contribution in [1.82, 2.24) is 5.32 Å². The molecular formula is C11H17NO2. The molecule has 0 saturated heterocycles. The van der Waals surface area contributed by atoms with Gasteiger partial charge in [0.25, 0.3) is 0 Å². The predicted molar refractivity (Wildman–Crippen MR) is 56.1 cm³/mol. The van der Waals surface area contributed by atoms with Crippen LogP contribution in [0.4, 0.5) is 0 Å². The molecule has 0 saturated carbocycles. The first-order valence-electron chi connectivity index (χ1n) is 4.69. The summed E-state index contributed by atoms with van der Waals surface area (Å²) in [5, 5.41) is 3.09. The third kappa shape index (κ3) is 3.01. The molecule has 0 unspecified atom stereocenters. The van der Waals surface area contributed by atoms with E-state index in [1.54, 1.807) is 6.08 Å². The van der Waals surface area contributed by atoms with Crippen LogP contribution in [-0.2, 0) is 17.9 Å². The molecule has 1 aromatic heterocycles. The second-order valence-electron chi connectivity index (χ2n) is 3.13. The first kappa shape index (κ1) is 11.0. The highest BCUT2D eigenvalue weighted by molar-refractivity contribution is 5.20. The maximum Gasteiger partial charge on any atom is 0.130 e. The summed E-state index contributed by atoms with van der Waals surface area (Å²) in [7, 11) is 1.92. The Labute approximate surface area is 84.8 Å². The van der Waals surface area contributed by atoms with Crippen molar-refractivity contribution in [2.24, 2.45) is 0 Å². The molecule has 0 aliphatic heterocycles. The van der Waals surface area contributed by atoms with Gasteiger partial charge >= 0.3 is 0 Å². The monoisotopic (exact) mass is 195 g/mol. The standard InChI is InChI=1S/C11H17NO2/c1-4-5-13-8-11-6-10(7-12-3)9(2)14-11/h4,6,12H,1,5,7-8H2,2-3H3. The molecule has 0 bridgehead atoms. The fourth-order valence-corrected chi connectivity index (χ4v) is 1.27. The van der Waals surface area contributed by atoms with Crippen LogP contribution in [0.3, 0.4) is 0 Å². The Morgan fingerprint density at radius 3 is 3.07 bits per heavy atom. The van der Waals surface area contributed by atoms with Crippen LogP contribution in [0, 0.1) is 6.92 Å². The molecule has 1 rings (SSSR count). The molecule has 78 valence electrons. The van der Waals surface area contributed by atoms with Crippen molar-refractivity contribution in [2.45, 2.75) is 20.1 Å². The van der Waals surface area contributed by atoms with E-state index in [-0.39, 0.29) is 0 Å². The van der Waals surface area contributed by atoms with Crippen LogP contribution in [0.25, 0.3) is 0 Å². The lowest BCUT2D eigenvalue weighted by molar-refractivity contribution is 0.131. The van der Waals surface area contributed by atoms with Crippen molar-refractivity contribution in [3.8, 4) is 0 Å². The zero-order chi connectivity index (χ0) is 10.4. The first-order chi connectivity index (χ1) is 6.77. The van der Waals surface area contributed by atoms with Crippen molar-refractivity contribution in [1.29, 1.82) is 0 Å².